The first-order valence-electron chi connectivity index (χ1n) is 10.5. The van der Waals surface area contributed by atoms with Crippen molar-refractivity contribution in [1.29, 1.82) is 0 Å². The summed E-state index contributed by atoms with van der Waals surface area (Å²) in [4.78, 5) is 22.2. The van der Waals surface area contributed by atoms with E-state index in [2.05, 4.69) is 22.4 Å². The minimum Gasteiger partial charge on any atom is -0.301 e. The van der Waals surface area contributed by atoms with Crippen LogP contribution in [0.4, 0.5) is 0 Å². The van der Waals surface area contributed by atoms with Gasteiger partial charge in [0.2, 0.25) is 0 Å². The van der Waals surface area contributed by atoms with Gasteiger partial charge < -0.3 is 5.32 Å². The first kappa shape index (κ1) is 19.8. The summed E-state index contributed by atoms with van der Waals surface area (Å²) in [6.07, 6.45) is 12.1. The fraction of sp³-hybridized carbons (Fsp3) is 0.250. The highest BCUT2D eigenvalue weighted by Crippen LogP contribution is 2.31. The monoisotopic (exact) mass is 429 g/mol. The maximum Gasteiger partial charge on any atom is 0.264 e. The lowest BCUT2D eigenvalue weighted by molar-refractivity contribution is -0.115. The highest BCUT2D eigenvalue weighted by atomic mass is 32.2. The van der Waals surface area contributed by atoms with Crippen molar-refractivity contribution < 1.29 is 4.79 Å². The van der Waals surface area contributed by atoms with Crippen LogP contribution in [0, 0.1) is 0 Å². The summed E-state index contributed by atoms with van der Waals surface area (Å²) < 4.78 is 1.91. The van der Waals surface area contributed by atoms with Gasteiger partial charge in [0.05, 0.1) is 17.5 Å². The van der Waals surface area contributed by atoms with Gasteiger partial charge in [-0.15, -0.1) is 0 Å². The Morgan fingerprint density at radius 3 is 2.77 bits per heavy atom. The first-order valence-corrected chi connectivity index (χ1v) is 11.4. The van der Waals surface area contributed by atoms with Crippen LogP contribution in [-0.4, -0.2) is 31.9 Å². The molecule has 2 aliphatic rings. The Bertz CT molecular complexity index is 1130. The summed E-state index contributed by atoms with van der Waals surface area (Å²) in [7, 11) is 0. The minimum absolute atomic E-state index is 0.102. The quantitative estimate of drug-likeness (QED) is 0.607. The largest absolute Gasteiger partial charge is 0.301 e. The number of pyridine rings is 1. The second-order valence-electron chi connectivity index (χ2n) is 7.80. The summed E-state index contributed by atoms with van der Waals surface area (Å²) >= 11 is 1.42. The fourth-order valence-electron chi connectivity index (χ4n) is 3.95. The van der Waals surface area contributed by atoms with Gasteiger partial charge >= 0.3 is 0 Å². The molecule has 0 unspecified atom stereocenters. The van der Waals surface area contributed by atoms with Crippen molar-refractivity contribution >= 4 is 28.9 Å². The number of thioether (sulfide) groups is 1. The van der Waals surface area contributed by atoms with E-state index in [0.29, 0.717) is 22.7 Å². The molecule has 5 rings (SSSR count). The molecule has 0 atom stereocenters. The number of aliphatic imine (C=N–C) groups is 1. The van der Waals surface area contributed by atoms with Crippen molar-refractivity contribution in [1.82, 2.24) is 20.1 Å². The highest BCUT2D eigenvalue weighted by molar-refractivity contribution is 8.18. The molecule has 156 valence electrons. The number of benzene rings is 1. The maximum atomic E-state index is 12.6. The van der Waals surface area contributed by atoms with Gasteiger partial charge in [-0.25, -0.2) is 0 Å². The number of amides is 1. The van der Waals surface area contributed by atoms with Crippen LogP contribution in [0.25, 0.3) is 17.3 Å². The minimum atomic E-state index is -0.102. The molecule has 1 saturated carbocycles. The predicted octanol–water partition coefficient (Wildman–Crippen LogP) is 4.50. The van der Waals surface area contributed by atoms with E-state index < -0.39 is 0 Å². The number of carbonyl (C=O) groups is 1. The molecule has 1 aromatic carbocycles. The lowest BCUT2D eigenvalue weighted by Crippen LogP contribution is -2.21. The first-order chi connectivity index (χ1) is 15.2. The van der Waals surface area contributed by atoms with Gasteiger partial charge in [0, 0.05) is 29.7 Å². The molecule has 6 nitrogen and oxygen atoms in total. The number of hydrogen-bond acceptors (Lipinski definition) is 5. The number of hydrogen-bond donors (Lipinski definition) is 1. The molecule has 1 aliphatic carbocycles. The molecule has 1 amide bonds. The number of nitrogens with one attached hydrogen (secondary N) is 1. The summed E-state index contributed by atoms with van der Waals surface area (Å²) in [5.41, 5.74) is 3.79. The Kier molecular flexibility index (Phi) is 5.67. The van der Waals surface area contributed by atoms with Crippen molar-refractivity contribution in [2.45, 2.75) is 38.3 Å². The normalized spacial score (nSPS) is 19.4. The van der Waals surface area contributed by atoms with Crippen molar-refractivity contribution in [3.63, 3.8) is 0 Å². The van der Waals surface area contributed by atoms with E-state index in [9.17, 15) is 4.79 Å². The third kappa shape index (κ3) is 4.61. The molecule has 31 heavy (non-hydrogen) atoms. The van der Waals surface area contributed by atoms with Crippen LogP contribution in [0.2, 0.25) is 0 Å². The number of aromatic nitrogens is 3. The van der Waals surface area contributed by atoms with Crippen LogP contribution in [0.5, 0.6) is 0 Å². The van der Waals surface area contributed by atoms with Gasteiger partial charge in [-0.2, -0.15) is 5.10 Å². The molecule has 2 aromatic heterocycles. The molecule has 1 aliphatic heterocycles. The number of carbonyl (C=O) groups excluding carboxylic acids is 1. The lowest BCUT2D eigenvalue weighted by Gasteiger charge is -2.02. The third-order valence-electron chi connectivity index (χ3n) is 5.47. The zero-order valence-electron chi connectivity index (χ0n) is 17.1. The van der Waals surface area contributed by atoms with E-state index in [1.807, 2.05) is 47.3 Å². The second kappa shape index (κ2) is 8.89. The molecule has 2 fully saturated rings. The molecule has 0 radical (unpaired) electrons. The summed E-state index contributed by atoms with van der Waals surface area (Å²) in [6.45, 7) is 0.658. The van der Waals surface area contributed by atoms with Gasteiger partial charge in [0.25, 0.3) is 5.91 Å². The van der Waals surface area contributed by atoms with Gasteiger partial charge in [-0.1, -0.05) is 43.2 Å². The number of rotatable bonds is 5. The van der Waals surface area contributed by atoms with Gasteiger partial charge in [-0.05, 0) is 48.4 Å². The van der Waals surface area contributed by atoms with Crippen molar-refractivity contribution in [3.8, 4) is 11.3 Å². The van der Waals surface area contributed by atoms with Crippen LogP contribution in [-0.2, 0) is 11.3 Å². The van der Waals surface area contributed by atoms with Crippen LogP contribution in [0.15, 0.2) is 71.0 Å². The summed E-state index contributed by atoms with van der Waals surface area (Å²) in [6, 6.07) is 14.4. The second-order valence-corrected chi connectivity index (χ2v) is 8.83. The van der Waals surface area contributed by atoms with E-state index in [1.165, 1.54) is 30.2 Å². The third-order valence-corrected chi connectivity index (χ3v) is 6.40. The van der Waals surface area contributed by atoms with Gasteiger partial charge in [0.1, 0.15) is 5.69 Å². The Balaban J connectivity index is 1.46. The average molecular weight is 430 g/mol. The van der Waals surface area contributed by atoms with Crippen LogP contribution in [0.1, 0.15) is 36.8 Å². The maximum absolute atomic E-state index is 12.6. The molecular formula is C24H23N5OS. The molecule has 3 heterocycles. The Labute approximate surface area is 185 Å². The number of nitrogens with zero attached hydrogens (tertiary/aromatic N) is 4. The molecule has 1 saturated heterocycles. The van der Waals surface area contributed by atoms with E-state index >= 15 is 0 Å². The standard InChI is InChI=1S/C24H23N5OS/c30-23-21(31-24(27-23)26-20-10-4-5-11-20)13-19-16-29(15-17-7-2-1-3-8-17)28-22(19)18-9-6-12-25-14-18/h1-3,6-9,12-14,16,20H,4-5,10-11,15H2,(H,26,27,30)/b21-13+. The fourth-order valence-corrected chi connectivity index (χ4v) is 4.83. The van der Waals surface area contributed by atoms with E-state index in [-0.39, 0.29) is 5.91 Å². The van der Waals surface area contributed by atoms with Gasteiger partial charge in [-0.3, -0.25) is 19.5 Å². The zero-order chi connectivity index (χ0) is 21.0. The molecule has 0 spiro atoms. The van der Waals surface area contributed by atoms with Crippen LogP contribution in [0.3, 0.4) is 0 Å². The van der Waals surface area contributed by atoms with Crippen LogP contribution >= 0.6 is 11.8 Å². The SMILES string of the molecule is O=C1NC(=NC2CCCC2)S/C1=C/c1cn(Cc2ccccc2)nc1-c1cccnc1. The van der Waals surface area contributed by atoms with Crippen LogP contribution < -0.4 is 5.32 Å². The summed E-state index contributed by atoms with van der Waals surface area (Å²) in [5, 5.41) is 8.44. The van der Waals surface area contributed by atoms with Crippen molar-refractivity contribution in [2.24, 2.45) is 4.99 Å². The topological polar surface area (TPSA) is 72.2 Å². The smallest absolute Gasteiger partial charge is 0.264 e. The molecular weight excluding hydrogens is 406 g/mol. The van der Waals surface area contributed by atoms with E-state index in [4.69, 9.17) is 10.1 Å². The Hall–Kier alpha value is -3.19. The highest BCUT2D eigenvalue weighted by Gasteiger charge is 2.26. The van der Waals surface area contributed by atoms with E-state index in [0.717, 1.165) is 29.7 Å². The zero-order valence-corrected chi connectivity index (χ0v) is 17.9. The Morgan fingerprint density at radius 2 is 2.00 bits per heavy atom. The Morgan fingerprint density at radius 1 is 1.16 bits per heavy atom. The van der Waals surface area contributed by atoms with Gasteiger partial charge in [0.15, 0.2) is 5.17 Å². The van der Waals surface area contributed by atoms with E-state index in [1.54, 1.807) is 12.4 Å². The summed E-state index contributed by atoms with van der Waals surface area (Å²) in [5.74, 6) is -0.102. The lowest BCUT2D eigenvalue weighted by atomic mass is 10.1. The average Bonchev–Trinajstić information content (AvgIpc) is 3.52. The number of amidine groups is 1. The predicted molar refractivity (Wildman–Crippen MR) is 124 cm³/mol. The van der Waals surface area contributed by atoms with Crippen molar-refractivity contribution in [3.05, 3.63) is 77.1 Å². The molecule has 1 N–H and O–H groups in total. The van der Waals surface area contributed by atoms with Crippen molar-refractivity contribution in [2.75, 3.05) is 0 Å². The molecule has 3 aromatic rings. The molecule has 7 heteroatoms. The molecule has 0 bridgehead atoms.